The lowest BCUT2D eigenvalue weighted by atomic mass is 9.96. The van der Waals surface area contributed by atoms with E-state index in [9.17, 15) is 8.42 Å². The Morgan fingerprint density at radius 3 is 2.23 bits per heavy atom. The third-order valence-electron chi connectivity index (χ3n) is 3.34. The first-order valence-corrected chi connectivity index (χ1v) is 6.41. The lowest BCUT2D eigenvalue weighted by Gasteiger charge is -2.26. The molecule has 0 N–H and O–H groups in total. The fourth-order valence-electron chi connectivity index (χ4n) is 2.65. The van der Waals surface area contributed by atoms with Gasteiger partial charge in [-0.05, 0) is 31.6 Å². The minimum atomic E-state index is -2.75. The molecule has 2 aliphatic rings. The van der Waals surface area contributed by atoms with E-state index in [2.05, 4.69) is 5.92 Å². The average Bonchev–Trinajstić information content (AvgIpc) is 2.29. The molecule has 13 heavy (non-hydrogen) atoms. The monoisotopic (exact) mass is 198 g/mol. The molecule has 3 heteroatoms. The van der Waals surface area contributed by atoms with Crippen LogP contribution in [-0.2, 0) is 9.84 Å². The number of hydrogen-bond acceptors (Lipinski definition) is 2. The summed E-state index contributed by atoms with van der Waals surface area (Å²) in [5.41, 5.74) is 0. The van der Waals surface area contributed by atoms with Crippen molar-refractivity contribution in [2.75, 3.05) is 0 Å². The van der Waals surface area contributed by atoms with Crippen LogP contribution < -0.4 is 0 Å². The van der Waals surface area contributed by atoms with E-state index in [4.69, 9.17) is 6.42 Å². The molecule has 72 valence electrons. The van der Waals surface area contributed by atoms with E-state index >= 15 is 0 Å². The van der Waals surface area contributed by atoms with Gasteiger partial charge in [-0.15, -0.1) is 12.3 Å². The van der Waals surface area contributed by atoms with Crippen molar-refractivity contribution in [1.29, 1.82) is 0 Å². The van der Waals surface area contributed by atoms with E-state index in [0.29, 0.717) is 5.92 Å². The normalized spacial score (nSPS) is 41.3. The molecular formula is C10H14O2S. The molecule has 0 saturated carbocycles. The minimum Gasteiger partial charge on any atom is -0.228 e. The highest BCUT2D eigenvalue weighted by atomic mass is 32.2. The lowest BCUT2D eigenvalue weighted by molar-refractivity contribution is 0.434. The van der Waals surface area contributed by atoms with Gasteiger partial charge in [0.1, 0.15) is 0 Å². The fraction of sp³-hybridized carbons (Fsp3) is 0.800. The highest BCUT2D eigenvalue weighted by Gasteiger charge is 2.46. The summed E-state index contributed by atoms with van der Waals surface area (Å²) in [6.45, 7) is 0. The van der Waals surface area contributed by atoms with Crippen LogP contribution in [0.1, 0.15) is 32.1 Å². The van der Waals surface area contributed by atoms with Crippen LogP contribution in [0, 0.1) is 18.3 Å². The second-order valence-corrected chi connectivity index (χ2v) is 6.67. The zero-order chi connectivity index (χ0) is 9.47. The molecule has 2 aliphatic heterocycles. The SMILES string of the molecule is C#CCC1CC2CCC(C1)S2(=O)=O. The number of hydrogen-bond donors (Lipinski definition) is 0. The van der Waals surface area contributed by atoms with Crippen LogP contribution in [0.4, 0.5) is 0 Å². The average molecular weight is 198 g/mol. The topological polar surface area (TPSA) is 34.1 Å². The van der Waals surface area contributed by atoms with Crippen molar-refractivity contribution in [3.05, 3.63) is 0 Å². The summed E-state index contributed by atoms with van der Waals surface area (Å²) in [6, 6.07) is 0. The van der Waals surface area contributed by atoms with Gasteiger partial charge in [0.05, 0.1) is 10.5 Å². The Morgan fingerprint density at radius 1 is 1.23 bits per heavy atom. The van der Waals surface area contributed by atoms with Gasteiger partial charge in [0.15, 0.2) is 9.84 Å². The molecule has 2 saturated heterocycles. The predicted molar refractivity (Wildman–Crippen MR) is 51.9 cm³/mol. The molecule has 0 amide bonds. The van der Waals surface area contributed by atoms with Crippen molar-refractivity contribution < 1.29 is 8.42 Å². The van der Waals surface area contributed by atoms with Gasteiger partial charge < -0.3 is 0 Å². The van der Waals surface area contributed by atoms with Crippen molar-refractivity contribution in [3.8, 4) is 12.3 Å². The number of rotatable bonds is 1. The third-order valence-corrected chi connectivity index (χ3v) is 6.05. The molecule has 0 aliphatic carbocycles. The molecule has 2 rings (SSSR count). The van der Waals surface area contributed by atoms with Crippen molar-refractivity contribution in [2.45, 2.75) is 42.6 Å². The zero-order valence-corrected chi connectivity index (χ0v) is 8.39. The molecule has 0 radical (unpaired) electrons. The van der Waals surface area contributed by atoms with E-state index in [1.54, 1.807) is 0 Å². The molecule has 2 heterocycles. The summed E-state index contributed by atoms with van der Waals surface area (Å²) in [5.74, 6) is 3.10. The van der Waals surface area contributed by atoms with Gasteiger partial charge in [0.2, 0.25) is 0 Å². The van der Waals surface area contributed by atoms with E-state index in [1.165, 1.54) is 0 Å². The summed E-state index contributed by atoms with van der Waals surface area (Å²) in [7, 11) is -2.75. The molecular weight excluding hydrogens is 184 g/mol. The zero-order valence-electron chi connectivity index (χ0n) is 7.57. The van der Waals surface area contributed by atoms with Crippen LogP contribution in [0.15, 0.2) is 0 Å². The predicted octanol–water partition coefficient (Wildman–Crippen LogP) is 1.37. The number of terminal acetylenes is 1. The highest BCUT2D eigenvalue weighted by molar-refractivity contribution is 7.93. The molecule has 0 spiro atoms. The Balaban J connectivity index is 2.16. The second-order valence-electron chi connectivity index (χ2n) is 4.16. The molecule has 0 aromatic heterocycles. The van der Waals surface area contributed by atoms with Gasteiger partial charge in [0, 0.05) is 6.42 Å². The van der Waals surface area contributed by atoms with E-state index in [0.717, 1.165) is 32.1 Å². The Kier molecular flexibility index (Phi) is 2.11. The summed E-state index contributed by atoms with van der Waals surface area (Å²) >= 11 is 0. The van der Waals surface area contributed by atoms with Crippen LogP contribution in [0.3, 0.4) is 0 Å². The smallest absolute Gasteiger partial charge is 0.156 e. The van der Waals surface area contributed by atoms with Crippen molar-refractivity contribution >= 4 is 9.84 Å². The van der Waals surface area contributed by atoms with Crippen LogP contribution in [0.25, 0.3) is 0 Å². The summed E-state index contributed by atoms with van der Waals surface area (Å²) in [4.78, 5) is 0. The second kappa shape index (κ2) is 3.02. The Bertz CT molecular complexity index is 316. The van der Waals surface area contributed by atoms with Crippen molar-refractivity contribution in [2.24, 2.45) is 5.92 Å². The van der Waals surface area contributed by atoms with Gasteiger partial charge in [-0.2, -0.15) is 0 Å². The van der Waals surface area contributed by atoms with Gasteiger partial charge in [0.25, 0.3) is 0 Å². The Hall–Kier alpha value is -0.490. The molecule has 2 bridgehead atoms. The van der Waals surface area contributed by atoms with Gasteiger partial charge in [-0.3, -0.25) is 0 Å². The largest absolute Gasteiger partial charge is 0.228 e. The minimum absolute atomic E-state index is 0.0652. The van der Waals surface area contributed by atoms with Crippen molar-refractivity contribution in [1.82, 2.24) is 0 Å². The standard InChI is InChI=1S/C10H14O2S/c1-2-3-8-6-9-4-5-10(7-8)13(9,11)12/h1,8-10H,3-7H2. The first kappa shape index (κ1) is 9.08. The van der Waals surface area contributed by atoms with Gasteiger partial charge in [-0.1, -0.05) is 0 Å². The number of fused-ring (bicyclic) bond motifs is 2. The fourth-order valence-corrected chi connectivity index (χ4v) is 5.20. The molecule has 2 fully saturated rings. The summed E-state index contributed by atoms with van der Waals surface area (Å²) < 4.78 is 23.3. The summed E-state index contributed by atoms with van der Waals surface area (Å²) in [6.07, 6.45) is 9.35. The maximum Gasteiger partial charge on any atom is 0.156 e. The highest BCUT2D eigenvalue weighted by Crippen LogP contribution is 2.41. The first-order valence-electron chi connectivity index (χ1n) is 4.80. The maximum absolute atomic E-state index is 11.7. The van der Waals surface area contributed by atoms with Crippen LogP contribution in [-0.4, -0.2) is 18.9 Å². The molecule has 0 aromatic carbocycles. The molecule has 2 atom stereocenters. The molecule has 0 aromatic rings. The van der Waals surface area contributed by atoms with Gasteiger partial charge in [-0.25, -0.2) is 8.42 Å². The lowest BCUT2D eigenvalue weighted by Crippen LogP contribution is -2.32. The van der Waals surface area contributed by atoms with Crippen LogP contribution >= 0.6 is 0 Å². The maximum atomic E-state index is 11.7. The first-order chi connectivity index (χ1) is 6.14. The van der Waals surface area contributed by atoms with Crippen LogP contribution in [0.5, 0.6) is 0 Å². The molecule has 2 unspecified atom stereocenters. The van der Waals surface area contributed by atoms with Crippen molar-refractivity contribution in [3.63, 3.8) is 0 Å². The Labute approximate surface area is 79.6 Å². The Morgan fingerprint density at radius 2 is 1.77 bits per heavy atom. The van der Waals surface area contributed by atoms with Crippen LogP contribution in [0.2, 0.25) is 0 Å². The van der Waals surface area contributed by atoms with E-state index < -0.39 is 9.84 Å². The van der Waals surface area contributed by atoms with Gasteiger partial charge >= 0.3 is 0 Å². The molecule has 2 nitrogen and oxygen atoms in total. The quantitative estimate of drug-likeness (QED) is 0.596. The number of sulfone groups is 1. The summed E-state index contributed by atoms with van der Waals surface area (Å²) in [5, 5.41) is -0.130. The van der Waals surface area contributed by atoms with E-state index in [1.807, 2.05) is 0 Å². The third kappa shape index (κ3) is 1.38. The van der Waals surface area contributed by atoms with E-state index in [-0.39, 0.29) is 10.5 Å².